The Morgan fingerprint density at radius 3 is 2.67 bits per heavy atom. The van der Waals surface area contributed by atoms with Crippen molar-refractivity contribution < 1.29 is 18.3 Å². The minimum absolute atomic E-state index is 0.125. The van der Waals surface area contributed by atoms with Crippen molar-refractivity contribution in [3.05, 3.63) is 35.9 Å². The van der Waals surface area contributed by atoms with E-state index < -0.39 is 16.0 Å². The van der Waals surface area contributed by atoms with Gasteiger partial charge in [-0.1, -0.05) is 19.1 Å². The summed E-state index contributed by atoms with van der Waals surface area (Å²) in [5.74, 6) is -1.06. The molecule has 98 valence electrons. The normalized spacial score (nSPS) is 12.4. The van der Waals surface area contributed by atoms with Crippen LogP contribution in [0.1, 0.15) is 19.4 Å². The highest BCUT2D eigenvalue weighted by molar-refractivity contribution is 7.89. The number of aliphatic carboxylic acids is 1. The number of nitrogens with one attached hydrogen (secondary N) is 1. The van der Waals surface area contributed by atoms with E-state index in [0.29, 0.717) is 17.7 Å². The molecule has 0 aliphatic rings. The molecule has 2 N–H and O–H groups in total. The zero-order valence-electron chi connectivity index (χ0n) is 10.2. The summed E-state index contributed by atoms with van der Waals surface area (Å²) in [5, 5.41) is 8.65. The van der Waals surface area contributed by atoms with Crippen LogP contribution in [0.5, 0.6) is 0 Å². The van der Waals surface area contributed by atoms with Crippen molar-refractivity contribution >= 4 is 21.6 Å². The first-order chi connectivity index (χ1) is 8.36. The molecule has 0 radical (unpaired) electrons. The van der Waals surface area contributed by atoms with Gasteiger partial charge < -0.3 is 5.11 Å². The van der Waals surface area contributed by atoms with Gasteiger partial charge in [0, 0.05) is 12.6 Å². The van der Waals surface area contributed by atoms with E-state index >= 15 is 0 Å². The first kappa shape index (κ1) is 14.4. The minimum Gasteiger partial charge on any atom is -0.478 e. The molecule has 0 atom stereocenters. The number of allylic oxidation sites excluding steroid dienone is 1. The Morgan fingerprint density at radius 2 is 2.11 bits per heavy atom. The Balaban J connectivity index is 3.19. The van der Waals surface area contributed by atoms with E-state index in [4.69, 9.17) is 5.11 Å². The second-order valence-corrected chi connectivity index (χ2v) is 5.46. The van der Waals surface area contributed by atoms with Crippen molar-refractivity contribution in [2.75, 3.05) is 6.54 Å². The van der Waals surface area contributed by atoms with Crippen molar-refractivity contribution in [1.29, 1.82) is 0 Å². The van der Waals surface area contributed by atoms with Crippen molar-refractivity contribution in [1.82, 2.24) is 4.72 Å². The lowest BCUT2D eigenvalue weighted by Crippen LogP contribution is -2.23. The molecule has 1 aromatic rings. The smallest absolute Gasteiger partial charge is 0.328 e. The molecule has 1 aromatic carbocycles. The summed E-state index contributed by atoms with van der Waals surface area (Å²) in [5.41, 5.74) is 1.06. The van der Waals surface area contributed by atoms with Crippen LogP contribution in [-0.4, -0.2) is 26.0 Å². The van der Waals surface area contributed by atoms with Gasteiger partial charge in [-0.25, -0.2) is 17.9 Å². The molecule has 0 aliphatic carbocycles. The van der Waals surface area contributed by atoms with E-state index in [2.05, 4.69) is 4.72 Å². The maximum atomic E-state index is 11.8. The van der Waals surface area contributed by atoms with Crippen LogP contribution >= 0.6 is 0 Å². The quantitative estimate of drug-likeness (QED) is 0.793. The lowest BCUT2D eigenvalue weighted by atomic mass is 10.1. The monoisotopic (exact) mass is 269 g/mol. The lowest BCUT2D eigenvalue weighted by Gasteiger charge is -2.07. The first-order valence-corrected chi connectivity index (χ1v) is 6.86. The standard InChI is InChI=1S/C12H15NO4S/c1-3-13-18(16,17)11-6-4-5-10(8-11)9(2)7-12(14)15/h4-8,13H,3H2,1-2H3,(H,14,15)/b9-7+. The number of carboxylic acid groups (broad SMARTS) is 1. The fraction of sp³-hybridized carbons (Fsp3) is 0.250. The SMILES string of the molecule is CCNS(=O)(=O)c1cccc(/C(C)=C/C(=O)O)c1. The summed E-state index contributed by atoms with van der Waals surface area (Å²) in [7, 11) is -3.52. The van der Waals surface area contributed by atoms with Gasteiger partial charge >= 0.3 is 5.97 Å². The molecule has 0 amide bonds. The molecule has 0 heterocycles. The zero-order chi connectivity index (χ0) is 13.8. The topological polar surface area (TPSA) is 83.5 Å². The number of carboxylic acids is 1. The van der Waals surface area contributed by atoms with E-state index in [-0.39, 0.29) is 4.90 Å². The van der Waals surface area contributed by atoms with Crippen molar-refractivity contribution in [3.63, 3.8) is 0 Å². The summed E-state index contributed by atoms with van der Waals surface area (Å²) < 4.78 is 25.9. The molecule has 6 heteroatoms. The predicted octanol–water partition coefficient (Wildman–Crippen LogP) is 1.47. The maximum absolute atomic E-state index is 11.8. The molecule has 0 unspecified atom stereocenters. The van der Waals surface area contributed by atoms with Crippen LogP contribution in [0.15, 0.2) is 35.2 Å². The summed E-state index contributed by atoms with van der Waals surface area (Å²) in [6.45, 7) is 3.61. The molecule has 0 saturated carbocycles. The molecule has 0 saturated heterocycles. The van der Waals surface area contributed by atoms with E-state index in [0.717, 1.165) is 6.08 Å². The molecule has 0 aliphatic heterocycles. The number of sulfonamides is 1. The van der Waals surface area contributed by atoms with Crippen LogP contribution in [0.25, 0.3) is 5.57 Å². The molecular weight excluding hydrogens is 254 g/mol. The molecule has 0 bridgehead atoms. The van der Waals surface area contributed by atoms with Crippen LogP contribution in [0.3, 0.4) is 0 Å². The number of rotatable bonds is 5. The second kappa shape index (κ2) is 5.79. The first-order valence-electron chi connectivity index (χ1n) is 5.38. The highest BCUT2D eigenvalue weighted by Crippen LogP contribution is 2.18. The van der Waals surface area contributed by atoms with E-state index in [1.54, 1.807) is 26.0 Å². The fourth-order valence-electron chi connectivity index (χ4n) is 1.45. The summed E-state index contributed by atoms with van der Waals surface area (Å²) >= 11 is 0. The van der Waals surface area contributed by atoms with Crippen LogP contribution in [0.4, 0.5) is 0 Å². The summed E-state index contributed by atoms with van der Waals surface area (Å²) in [4.78, 5) is 10.7. The third-order valence-electron chi connectivity index (χ3n) is 2.27. The molecule has 0 spiro atoms. The Bertz CT molecular complexity index is 575. The van der Waals surface area contributed by atoms with Crippen LogP contribution in [0, 0.1) is 0 Å². The van der Waals surface area contributed by atoms with Gasteiger partial charge in [0.2, 0.25) is 10.0 Å². The average molecular weight is 269 g/mol. The Hall–Kier alpha value is -1.66. The van der Waals surface area contributed by atoms with Gasteiger partial charge in [0.1, 0.15) is 0 Å². The number of benzene rings is 1. The lowest BCUT2D eigenvalue weighted by molar-refractivity contribution is -0.131. The molecule has 5 nitrogen and oxygen atoms in total. The van der Waals surface area contributed by atoms with E-state index in [1.807, 2.05) is 0 Å². The Labute approximate surface area is 106 Å². The minimum atomic E-state index is -3.52. The van der Waals surface area contributed by atoms with Crippen molar-refractivity contribution in [3.8, 4) is 0 Å². The Kier molecular flexibility index (Phi) is 4.63. The highest BCUT2D eigenvalue weighted by Gasteiger charge is 2.13. The summed E-state index contributed by atoms with van der Waals surface area (Å²) in [6.07, 6.45) is 1.04. The van der Waals surface area contributed by atoms with Crippen LogP contribution < -0.4 is 4.72 Å². The molecule has 0 fully saturated rings. The van der Waals surface area contributed by atoms with Crippen LogP contribution in [0.2, 0.25) is 0 Å². The molecule has 18 heavy (non-hydrogen) atoms. The Morgan fingerprint density at radius 1 is 1.44 bits per heavy atom. The molecule has 1 rings (SSSR count). The van der Waals surface area contributed by atoms with Gasteiger partial charge in [-0.2, -0.15) is 0 Å². The van der Waals surface area contributed by atoms with Gasteiger partial charge in [0.25, 0.3) is 0 Å². The zero-order valence-corrected chi connectivity index (χ0v) is 11.0. The van der Waals surface area contributed by atoms with Gasteiger partial charge in [0.05, 0.1) is 4.90 Å². The summed E-state index contributed by atoms with van der Waals surface area (Å²) in [6, 6.07) is 6.17. The largest absolute Gasteiger partial charge is 0.478 e. The highest BCUT2D eigenvalue weighted by atomic mass is 32.2. The third kappa shape index (κ3) is 3.68. The van der Waals surface area contributed by atoms with Gasteiger partial charge in [0.15, 0.2) is 0 Å². The van der Waals surface area contributed by atoms with E-state index in [9.17, 15) is 13.2 Å². The third-order valence-corrected chi connectivity index (χ3v) is 3.82. The number of carbonyl (C=O) groups is 1. The van der Waals surface area contributed by atoms with Gasteiger partial charge in [-0.3, -0.25) is 0 Å². The molecule has 0 aromatic heterocycles. The number of hydrogen-bond donors (Lipinski definition) is 2. The fourth-order valence-corrected chi connectivity index (χ4v) is 2.54. The maximum Gasteiger partial charge on any atom is 0.328 e. The van der Waals surface area contributed by atoms with E-state index in [1.165, 1.54) is 12.1 Å². The average Bonchev–Trinajstić information content (AvgIpc) is 2.28. The van der Waals surface area contributed by atoms with Gasteiger partial charge in [-0.15, -0.1) is 0 Å². The van der Waals surface area contributed by atoms with Crippen LogP contribution in [-0.2, 0) is 14.8 Å². The number of hydrogen-bond acceptors (Lipinski definition) is 3. The van der Waals surface area contributed by atoms with Crippen molar-refractivity contribution in [2.45, 2.75) is 18.7 Å². The van der Waals surface area contributed by atoms with Crippen molar-refractivity contribution in [2.24, 2.45) is 0 Å². The predicted molar refractivity (Wildman–Crippen MR) is 68.6 cm³/mol. The van der Waals surface area contributed by atoms with Gasteiger partial charge in [-0.05, 0) is 30.2 Å². The molecular formula is C12H15NO4S. The second-order valence-electron chi connectivity index (χ2n) is 3.69.